The first kappa shape index (κ1) is 25.9. The van der Waals surface area contributed by atoms with Gasteiger partial charge in [0, 0.05) is 22.9 Å². The topological polar surface area (TPSA) is 104 Å². The molecule has 3 aromatic rings. The quantitative estimate of drug-likeness (QED) is 0.334. The van der Waals surface area contributed by atoms with Gasteiger partial charge in [0.05, 0.1) is 29.6 Å². The van der Waals surface area contributed by atoms with Crippen molar-refractivity contribution in [2.24, 2.45) is 5.92 Å². The number of carbonyl (C=O) groups excluding carboxylic acids is 1. The van der Waals surface area contributed by atoms with Crippen LogP contribution in [-0.2, 0) is 11.2 Å². The highest BCUT2D eigenvalue weighted by molar-refractivity contribution is 7.09. The number of carboxylic acid groups (broad SMARTS) is 1. The molecule has 0 unspecified atom stereocenters. The SMILES string of the molecule is CCC(CC)n1c(Cc2cccs2)nc2cc(C(=O)N[C@@H](CC(C)C)[C@@H](O)CC(=O)O)ccc21. The number of aliphatic hydroxyl groups excluding tert-OH is 1. The summed E-state index contributed by atoms with van der Waals surface area (Å²) in [6, 6.07) is 9.34. The highest BCUT2D eigenvalue weighted by Crippen LogP contribution is 2.28. The minimum Gasteiger partial charge on any atom is -0.481 e. The molecule has 0 saturated carbocycles. The molecule has 8 heteroatoms. The molecule has 2 atom stereocenters. The number of carbonyl (C=O) groups is 2. The Morgan fingerprint density at radius 1 is 1.18 bits per heavy atom. The second-order valence-corrected chi connectivity index (χ2v) is 10.2. The number of aromatic nitrogens is 2. The largest absolute Gasteiger partial charge is 0.481 e. The molecule has 3 rings (SSSR count). The van der Waals surface area contributed by atoms with Crippen LogP contribution in [0.15, 0.2) is 35.7 Å². The summed E-state index contributed by atoms with van der Waals surface area (Å²) in [6.45, 7) is 8.29. The zero-order chi connectivity index (χ0) is 24.8. The maximum atomic E-state index is 13.1. The van der Waals surface area contributed by atoms with Crippen LogP contribution >= 0.6 is 11.3 Å². The van der Waals surface area contributed by atoms with Gasteiger partial charge in [-0.25, -0.2) is 4.98 Å². The van der Waals surface area contributed by atoms with Crippen LogP contribution in [0.25, 0.3) is 11.0 Å². The molecule has 0 spiro atoms. The van der Waals surface area contributed by atoms with E-state index in [2.05, 4.69) is 35.2 Å². The molecule has 0 radical (unpaired) electrons. The summed E-state index contributed by atoms with van der Waals surface area (Å²) >= 11 is 1.71. The van der Waals surface area contributed by atoms with Crippen molar-refractivity contribution >= 4 is 34.2 Å². The van der Waals surface area contributed by atoms with Gasteiger partial charge in [0.15, 0.2) is 0 Å². The maximum absolute atomic E-state index is 13.1. The number of amides is 1. The number of fused-ring (bicyclic) bond motifs is 1. The van der Waals surface area contributed by atoms with Gasteiger partial charge in [-0.05, 0) is 54.8 Å². The van der Waals surface area contributed by atoms with Gasteiger partial charge in [0.2, 0.25) is 0 Å². The molecule has 1 aromatic carbocycles. The number of benzene rings is 1. The second-order valence-electron chi connectivity index (χ2n) is 9.20. The van der Waals surface area contributed by atoms with Gasteiger partial charge >= 0.3 is 5.97 Å². The average molecular weight is 486 g/mol. The monoisotopic (exact) mass is 485 g/mol. The number of carboxylic acids is 1. The van der Waals surface area contributed by atoms with Crippen LogP contribution in [0.4, 0.5) is 0 Å². The van der Waals surface area contributed by atoms with Crippen molar-refractivity contribution in [1.29, 1.82) is 0 Å². The molecule has 0 fully saturated rings. The predicted octanol–water partition coefficient (Wildman–Crippen LogP) is 5.03. The van der Waals surface area contributed by atoms with Gasteiger partial charge in [-0.1, -0.05) is 33.8 Å². The number of nitrogens with zero attached hydrogens (tertiary/aromatic N) is 2. The van der Waals surface area contributed by atoms with E-state index in [0.717, 1.165) is 36.1 Å². The molecule has 34 heavy (non-hydrogen) atoms. The summed E-state index contributed by atoms with van der Waals surface area (Å²) in [4.78, 5) is 30.3. The van der Waals surface area contributed by atoms with Crippen LogP contribution in [-0.4, -0.2) is 43.8 Å². The van der Waals surface area contributed by atoms with Crippen molar-refractivity contribution in [1.82, 2.24) is 14.9 Å². The van der Waals surface area contributed by atoms with Crippen LogP contribution in [0, 0.1) is 5.92 Å². The van der Waals surface area contributed by atoms with Crippen LogP contribution in [0.3, 0.4) is 0 Å². The van der Waals surface area contributed by atoms with Crippen LogP contribution < -0.4 is 5.32 Å². The molecular formula is C26H35N3O4S. The lowest BCUT2D eigenvalue weighted by molar-refractivity contribution is -0.139. The van der Waals surface area contributed by atoms with E-state index in [1.165, 1.54) is 4.88 Å². The molecule has 0 aliphatic heterocycles. The van der Waals surface area contributed by atoms with E-state index >= 15 is 0 Å². The predicted molar refractivity (Wildman–Crippen MR) is 135 cm³/mol. The Bertz CT molecular complexity index is 1100. The van der Waals surface area contributed by atoms with Crippen molar-refractivity contribution in [3.05, 3.63) is 52.0 Å². The summed E-state index contributed by atoms with van der Waals surface area (Å²) in [5, 5.41) is 24.3. The highest BCUT2D eigenvalue weighted by atomic mass is 32.1. The average Bonchev–Trinajstić information content (AvgIpc) is 3.41. The Labute approximate surface area is 204 Å². The number of hydrogen-bond donors (Lipinski definition) is 3. The third kappa shape index (κ3) is 6.24. The van der Waals surface area contributed by atoms with Crippen molar-refractivity contribution < 1.29 is 19.8 Å². The normalized spacial score (nSPS) is 13.5. The molecule has 0 saturated heterocycles. The molecule has 1 amide bonds. The lowest BCUT2D eigenvalue weighted by Crippen LogP contribution is -2.45. The van der Waals surface area contributed by atoms with E-state index in [4.69, 9.17) is 10.1 Å². The summed E-state index contributed by atoms with van der Waals surface area (Å²) < 4.78 is 2.30. The molecule has 2 heterocycles. The fraction of sp³-hybridized carbons (Fsp3) is 0.500. The standard InChI is InChI=1S/C26H35N3O4S/c1-5-18(6-2)29-22-10-9-17(13-20(22)27-24(29)14-19-8-7-11-34-19)26(33)28-21(12-16(3)4)23(30)15-25(31)32/h7-11,13,16,18,21,23,30H,5-6,12,14-15H2,1-4H3,(H,28,33)(H,31,32)/t21-,23-/m0/s1. The molecule has 0 aliphatic rings. The third-order valence-electron chi connectivity index (χ3n) is 6.13. The number of imidazole rings is 1. The zero-order valence-corrected chi connectivity index (χ0v) is 21.1. The van der Waals surface area contributed by atoms with Gasteiger partial charge < -0.3 is 20.1 Å². The Morgan fingerprint density at radius 3 is 2.50 bits per heavy atom. The summed E-state index contributed by atoms with van der Waals surface area (Å²) in [7, 11) is 0. The minimum atomic E-state index is -1.15. The molecule has 184 valence electrons. The minimum absolute atomic E-state index is 0.187. The van der Waals surface area contributed by atoms with Gasteiger partial charge in [0.1, 0.15) is 5.82 Å². The van der Waals surface area contributed by atoms with Gasteiger partial charge in [-0.3, -0.25) is 9.59 Å². The molecule has 0 aliphatic carbocycles. The first-order chi connectivity index (χ1) is 16.2. The lowest BCUT2D eigenvalue weighted by atomic mass is 9.97. The second kappa shape index (κ2) is 11.6. The number of nitrogens with one attached hydrogen (secondary N) is 1. The van der Waals surface area contributed by atoms with E-state index in [0.29, 0.717) is 18.0 Å². The highest BCUT2D eigenvalue weighted by Gasteiger charge is 2.26. The number of hydrogen-bond acceptors (Lipinski definition) is 5. The van der Waals surface area contributed by atoms with Crippen LogP contribution in [0.1, 0.15) is 80.5 Å². The molecule has 7 nitrogen and oxygen atoms in total. The fourth-order valence-electron chi connectivity index (χ4n) is 4.44. The van der Waals surface area contributed by atoms with Crippen molar-refractivity contribution in [3.8, 4) is 0 Å². The van der Waals surface area contributed by atoms with E-state index in [-0.39, 0.29) is 11.8 Å². The number of aliphatic hydroxyl groups is 1. The Balaban J connectivity index is 1.92. The van der Waals surface area contributed by atoms with Crippen molar-refractivity contribution in [2.45, 2.75) is 78.0 Å². The van der Waals surface area contributed by atoms with Crippen molar-refractivity contribution in [3.63, 3.8) is 0 Å². The molecule has 0 bridgehead atoms. The lowest BCUT2D eigenvalue weighted by Gasteiger charge is -2.25. The number of rotatable bonds is 12. The van der Waals surface area contributed by atoms with Gasteiger partial charge in [0.25, 0.3) is 5.91 Å². The van der Waals surface area contributed by atoms with E-state index < -0.39 is 24.5 Å². The first-order valence-electron chi connectivity index (χ1n) is 12.0. The Morgan fingerprint density at radius 2 is 1.91 bits per heavy atom. The van der Waals surface area contributed by atoms with Crippen LogP contribution in [0.5, 0.6) is 0 Å². The maximum Gasteiger partial charge on any atom is 0.306 e. The summed E-state index contributed by atoms with van der Waals surface area (Å²) in [5.41, 5.74) is 2.21. The first-order valence-corrected chi connectivity index (χ1v) is 12.8. The van der Waals surface area contributed by atoms with Gasteiger partial charge in [-0.15, -0.1) is 11.3 Å². The van der Waals surface area contributed by atoms with E-state index in [1.54, 1.807) is 23.5 Å². The van der Waals surface area contributed by atoms with Crippen molar-refractivity contribution in [2.75, 3.05) is 0 Å². The molecule has 2 aromatic heterocycles. The number of thiophene rings is 1. The molecule has 3 N–H and O–H groups in total. The summed E-state index contributed by atoms with van der Waals surface area (Å²) in [6.07, 6.45) is 1.63. The number of aliphatic carboxylic acids is 1. The Hall–Kier alpha value is -2.71. The smallest absolute Gasteiger partial charge is 0.306 e. The molecular weight excluding hydrogens is 450 g/mol. The Kier molecular flexibility index (Phi) is 8.85. The van der Waals surface area contributed by atoms with E-state index in [9.17, 15) is 14.7 Å². The van der Waals surface area contributed by atoms with Gasteiger partial charge in [-0.2, -0.15) is 0 Å². The fourth-order valence-corrected chi connectivity index (χ4v) is 5.14. The van der Waals surface area contributed by atoms with E-state index in [1.807, 2.05) is 26.0 Å². The third-order valence-corrected chi connectivity index (χ3v) is 7.01. The zero-order valence-electron chi connectivity index (χ0n) is 20.3. The summed E-state index contributed by atoms with van der Waals surface area (Å²) in [5.74, 6) is -0.263. The van der Waals surface area contributed by atoms with Crippen LogP contribution in [0.2, 0.25) is 0 Å².